The number of hydrogen-bond acceptors (Lipinski definition) is 6. The Morgan fingerprint density at radius 2 is 0.541 bits per heavy atom. The number of rotatable bonds is 52. The van der Waals surface area contributed by atoms with Gasteiger partial charge in [-0.2, -0.15) is 0 Å². The molecule has 0 saturated heterocycles. The zero-order valence-corrected chi connectivity index (χ0v) is 47.5. The first-order chi connectivity index (χ1) is 36.5. The standard InChI is InChI=1S/C68H108O6/c1-4-7-10-13-16-19-22-24-26-28-30-32-34-36-38-40-42-44-46-49-52-55-58-61-67(70)73-64-65(63-72-66(69)60-57-54-51-48-21-18-15-12-9-6-3)74-68(71)62-59-56-53-50-47-45-43-41-39-37-35-33-31-29-27-25-23-20-17-14-11-8-5-2/h7-8,10-12,15-17,19-20,24-27,30-33,36,38,42,44,49,52,65H,4-6,9,13-14,18,21-23,28-29,34-35,37,39-41,43,45-48,50-51,53-64H2,1-3H3/b10-7-,11-8-,15-12-,19-16-,20-17-,26-24-,27-25-,32-30-,33-31-,38-36-,44-42-,52-49-. The molecule has 0 radical (unpaired) electrons. The SMILES string of the molecule is CC/C=C\C/C=C\C/C=C\C/C=C\C/C=C\C/C=C\C/C=C\CCCC(=O)OCC(COC(=O)CCCCCCC/C=C\CCC)OC(=O)CCCCCCCCCCCC/C=C\C/C=C\C/C=C\C/C=C\CC. The van der Waals surface area contributed by atoms with Gasteiger partial charge in [0.15, 0.2) is 6.10 Å². The fraction of sp³-hybridized carbons (Fsp3) is 0.603. The van der Waals surface area contributed by atoms with Gasteiger partial charge in [-0.05, 0) is 128 Å². The molecule has 0 rings (SSSR count). The predicted molar refractivity (Wildman–Crippen MR) is 320 cm³/mol. The van der Waals surface area contributed by atoms with E-state index in [0.29, 0.717) is 19.3 Å². The van der Waals surface area contributed by atoms with Crippen molar-refractivity contribution in [3.8, 4) is 0 Å². The number of esters is 3. The van der Waals surface area contributed by atoms with Gasteiger partial charge in [0.25, 0.3) is 0 Å². The Hall–Kier alpha value is -4.71. The molecule has 0 heterocycles. The van der Waals surface area contributed by atoms with Gasteiger partial charge >= 0.3 is 17.9 Å². The third kappa shape index (κ3) is 58.2. The Morgan fingerprint density at radius 1 is 0.284 bits per heavy atom. The number of hydrogen-bond donors (Lipinski definition) is 0. The van der Waals surface area contributed by atoms with E-state index >= 15 is 0 Å². The number of allylic oxidation sites excluding steroid dienone is 24. The highest BCUT2D eigenvalue weighted by Gasteiger charge is 2.19. The lowest BCUT2D eigenvalue weighted by atomic mass is 10.0. The summed E-state index contributed by atoms with van der Waals surface area (Å²) in [5, 5.41) is 0. The monoisotopic (exact) mass is 1020 g/mol. The van der Waals surface area contributed by atoms with Crippen LogP contribution in [0.25, 0.3) is 0 Å². The van der Waals surface area contributed by atoms with Crippen molar-refractivity contribution in [2.45, 2.75) is 252 Å². The van der Waals surface area contributed by atoms with Gasteiger partial charge in [0.1, 0.15) is 13.2 Å². The third-order valence-electron chi connectivity index (χ3n) is 12.0. The number of unbranched alkanes of at least 4 members (excludes halogenated alkanes) is 17. The van der Waals surface area contributed by atoms with Crippen molar-refractivity contribution in [3.63, 3.8) is 0 Å². The van der Waals surface area contributed by atoms with Crippen LogP contribution in [0.3, 0.4) is 0 Å². The predicted octanol–water partition coefficient (Wildman–Crippen LogP) is 20.4. The lowest BCUT2D eigenvalue weighted by molar-refractivity contribution is -0.167. The van der Waals surface area contributed by atoms with Crippen LogP contribution in [0.2, 0.25) is 0 Å². The minimum atomic E-state index is -0.814. The molecule has 0 saturated carbocycles. The number of ether oxygens (including phenoxy) is 3. The summed E-state index contributed by atoms with van der Waals surface area (Å²) in [6.07, 6.45) is 87.1. The first-order valence-corrected chi connectivity index (χ1v) is 29.8. The van der Waals surface area contributed by atoms with Crippen LogP contribution in [0.4, 0.5) is 0 Å². The molecule has 1 unspecified atom stereocenters. The smallest absolute Gasteiger partial charge is 0.306 e. The van der Waals surface area contributed by atoms with Gasteiger partial charge in [0.05, 0.1) is 0 Å². The van der Waals surface area contributed by atoms with Crippen LogP contribution in [0.5, 0.6) is 0 Å². The highest BCUT2D eigenvalue weighted by atomic mass is 16.6. The summed E-state index contributed by atoms with van der Waals surface area (Å²) in [6.45, 7) is 6.28. The molecule has 6 nitrogen and oxygen atoms in total. The van der Waals surface area contributed by atoms with E-state index in [1.807, 2.05) is 0 Å². The Morgan fingerprint density at radius 3 is 0.892 bits per heavy atom. The van der Waals surface area contributed by atoms with Gasteiger partial charge in [-0.15, -0.1) is 0 Å². The van der Waals surface area contributed by atoms with Gasteiger partial charge < -0.3 is 14.2 Å². The van der Waals surface area contributed by atoms with Gasteiger partial charge in [-0.3, -0.25) is 14.4 Å². The molecule has 1 atom stereocenters. The van der Waals surface area contributed by atoms with E-state index in [9.17, 15) is 14.4 Å². The highest BCUT2D eigenvalue weighted by molar-refractivity contribution is 5.71. The van der Waals surface area contributed by atoms with Gasteiger partial charge in [0.2, 0.25) is 0 Å². The zero-order chi connectivity index (χ0) is 53.6. The Balaban J connectivity index is 4.42. The second kappa shape index (κ2) is 60.8. The topological polar surface area (TPSA) is 78.9 Å². The van der Waals surface area contributed by atoms with Gasteiger partial charge in [-0.25, -0.2) is 0 Å². The summed E-state index contributed by atoms with van der Waals surface area (Å²) in [4.78, 5) is 38.1. The maximum absolute atomic E-state index is 12.9. The summed E-state index contributed by atoms with van der Waals surface area (Å²) < 4.78 is 16.8. The fourth-order valence-corrected chi connectivity index (χ4v) is 7.66. The second-order valence-corrected chi connectivity index (χ2v) is 19.1. The van der Waals surface area contributed by atoms with Gasteiger partial charge in [-0.1, -0.05) is 244 Å². The quantitative estimate of drug-likeness (QED) is 0.0261. The Labute approximate surface area is 455 Å². The average Bonchev–Trinajstić information content (AvgIpc) is 3.40. The van der Waals surface area contributed by atoms with Crippen molar-refractivity contribution >= 4 is 17.9 Å². The molecule has 0 aromatic heterocycles. The van der Waals surface area contributed by atoms with Crippen LogP contribution in [-0.2, 0) is 28.6 Å². The molecule has 416 valence electrons. The molecular formula is C68H108O6. The zero-order valence-electron chi connectivity index (χ0n) is 47.5. The highest BCUT2D eigenvalue weighted by Crippen LogP contribution is 2.14. The molecule has 0 amide bonds. The van der Waals surface area contributed by atoms with Gasteiger partial charge in [0, 0.05) is 19.3 Å². The molecule has 0 aliphatic rings. The Bertz CT molecular complexity index is 1640. The van der Waals surface area contributed by atoms with E-state index in [0.717, 1.165) is 135 Å². The molecule has 0 fully saturated rings. The lowest BCUT2D eigenvalue weighted by Gasteiger charge is -2.18. The van der Waals surface area contributed by atoms with Crippen LogP contribution in [-0.4, -0.2) is 37.2 Å². The molecule has 6 heteroatoms. The molecule has 0 aromatic rings. The summed E-state index contributed by atoms with van der Waals surface area (Å²) in [5.41, 5.74) is 0. The van der Waals surface area contributed by atoms with Crippen molar-refractivity contribution in [2.24, 2.45) is 0 Å². The summed E-state index contributed by atoms with van der Waals surface area (Å²) in [5.74, 6) is -0.989. The lowest BCUT2D eigenvalue weighted by Crippen LogP contribution is -2.30. The molecule has 0 aromatic carbocycles. The minimum Gasteiger partial charge on any atom is -0.462 e. The minimum absolute atomic E-state index is 0.107. The van der Waals surface area contributed by atoms with Crippen LogP contribution in [0.15, 0.2) is 146 Å². The van der Waals surface area contributed by atoms with Crippen LogP contribution in [0, 0.1) is 0 Å². The molecule has 0 bridgehead atoms. The summed E-state index contributed by atoms with van der Waals surface area (Å²) in [7, 11) is 0. The molecule has 0 aliphatic carbocycles. The first-order valence-electron chi connectivity index (χ1n) is 29.8. The van der Waals surface area contributed by atoms with E-state index < -0.39 is 6.10 Å². The van der Waals surface area contributed by atoms with Crippen molar-refractivity contribution in [1.29, 1.82) is 0 Å². The van der Waals surface area contributed by atoms with Crippen LogP contribution >= 0.6 is 0 Å². The normalized spacial score (nSPS) is 13.2. The largest absolute Gasteiger partial charge is 0.462 e. The first kappa shape index (κ1) is 69.3. The fourth-order valence-electron chi connectivity index (χ4n) is 7.66. The van der Waals surface area contributed by atoms with Crippen LogP contribution < -0.4 is 0 Å². The third-order valence-corrected chi connectivity index (χ3v) is 12.0. The van der Waals surface area contributed by atoms with E-state index in [1.165, 1.54) is 64.2 Å². The van der Waals surface area contributed by atoms with E-state index in [4.69, 9.17) is 14.2 Å². The molecule has 0 spiro atoms. The van der Waals surface area contributed by atoms with E-state index in [1.54, 1.807) is 0 Å². The molecular weight excluding hydrogens is 913 g/mol. The molecule has 0 N–H and O–H groups in total. The van der Waals surface area contributed by atoms with Crippen molar-refractivity contribution in [1.82, 2.24) is 0 Å². The van der Waals surface area contributed by atoms with E-state index in [-0.39, 0.29) is 37.5 Å². The number of carbonyl (C=O) groups is 3. The summed E-state index contributed by atoms with van der Waals surface area (Å²) in [6, 6.07) is 0. The maximum atomic E-state index is 12.9. The van der Waals surface area contributed by atoms with Crippen LogP contribution in [0.1, 0.15) is 245 Å². The molecule has 0 aliphatic heterocycles. The van der Waals surface area contributed by atoms with Crippen molar-refractivity contribution < 1.29 is 28.6 Å². The van der Waals surface area contributed by atoms with Crippen molar-refractivity contribution in [2.75, 3.05) is 13.2 Å². The molecule has 74 heavy (non-hydrogen) atoms. The average molecular weight is 1020 g/mol. The summed E-state index contributed by atoms with van der Waals surface area (Å²) >= 11 is 0. The Kier molecular flexibility index (Phi) is 57.0. The van der Waals surface area contributed by atoms with Crippen molar-refractivity contribution in [3.05, 3.63) is 146 Å². The second-order valence-electron chi connectivity index (χ2n) is 19.1. The van der Waals surface area contributed by atoms with E-state index in [2.05, 4.69) is 167 Å². The number of carbonyl (C=O) groups excluding carboxylic acids is 3. The maximum Gasteiger partial charge on any atom is 0.306 e.